The van der Waals surface area contributed by atoms with E-state index >= 15 is 0 Å². The molecule has 120 valence electrons. The maximum atomic E-state index is 12.3. The summed E-state index contributed by atoms with van der Waals surface area (Å²) in [6, 6.07) is 18.0. The molecule has 0 unspecified atom stereocenters. The van der Waals surface area contributed by atoms with Gasteiger partial charge in [0, 0.05) is 5.69 Å². The molecule has 0 aliphatic heterocycles. The van der Waals surface area contributed by atoms with Crippen molar-refractivity contribution in [3.8, 4) is 6.07 Å². The molecule has 24 heavy (non-hydrogen) atoms. The zero-order chi connectivity index (χ0) is 17.0. The number of anilines is 1. The normalized spacial score (nSPS) is 14.3. The largest absolute Gasteiger partial charge is 0.455 e. The van der Waals surface area contributed by atoms with Crippen molar-refractivity contribution in [1.82, 2.24) is 0 Å². The molecule has 1 fully saturated rings. The predicted octanol–water partition coefficient (Wildman–Crippen LogP) is 2.77. The van der Waals surface area contributed by atoms with E-state index in [1.807, 2.05) is 36.4 Å². The molecule has 1 amide bonds. The van der Waals surface area contributed by atoms with Gasteiger partial charge in [-0.05, 0) is 36.6 Å². The Bertz CT molecular complexity index is 805. The van der Waals surface area contributed by atoms with E-state index in [-0.39, 0.29) is 12.6 Å². The fourth-order valence-electron chi connectivity index (χ4n) is 2.63. The molecule has 1 aliphatic carbocycles. The summed E-state index contributed by atoms with van der Waals surface area (Å²) in [4.78, 5) is 24.3. The lowest BCUT2D eigenvalue weighted by Gasteiger charge is -2.14. The highest BCUT2D eigenvalue weighted by Gasteiger charge is 2.52. The van der Waals surface area contributed by atoms with E-state index < -0.39 is 11.3 Å². The standard InChI is InChI=1S/C19H16N2O3/c20-12-14-5-4-8-16(11-14)21-17(22)13-24-18(23)19(9-10-19)15-6-2-1-3-7-15/h1-8,11H,9-10,13H2,(H,21,22). The highest BCUT2D eigenvalue weighted by atomic mass is 16.5. The molecule has 1 N–H and O–H groups in total. The number of esters is 1. The van der Waals surface area contributed by atoms with Crippen LogP contribution in [0, 0.1) is 11.3 Å². The van der Waals surface area contributed by atoms with Crippen molar-refractivity contribution in [2.45, 2.75) is 18.3 Å². The van der Waals surface area contributed by atoms with Gasteiger partial charge in [-0.25, -0.2) is 0 Å². The van der Waals surface area contributed by atoms with Crippen LogP contribution in [-0.4, -0.2) is 18.5 Å². The summed E-state index contributed by atoms with van der Waals surface area (Å²) in [5.41, 5.74) is 1.28. The third kappa shape index (κ3) is 3.28. The molecular weight excluding hydrogens is 304 g/mol. The van der Waals surface area contributed by atoms with E-state index in [1.54, 1.807) is 24.3 Å². The number of hydrogen-bond donors (Lipinski definition) is 1. The van der Waals surface area contributed by atoms with Gasteiger partial charge in [-0.1, -0.05) is 36.4 Å². The summed E-state index contributed by atoms with van der Waals surface area (Å²) in [5.74, 6) is -0.795. The summed E-state index contributed by atoms with van der Waals surface area (Å²) in [7, 11) is 0. The van der Waals surface area contributed by atoms with Crippen LogP contribution in [0.3, 0.4) is 0 Å². The van der Waals surface area contributed by atoms with Gasteiger partial charge >= 0.3 is 5.97 Å². The van der Waals surface area contributed by atoms with Gasteiger partial charge in [-0.2, -0.15) is 5.26 Å². The second-order valence-electron chi connectivity index (χ2n) is 5.77. The van der Waals surface area contributed by atoms with Gasteiger partial charge in [0.2, 0.25) is 0 Å². The molecule has 3 rings (SSSR count). The minimum absolute atomic E-state index is 0.343. The molecule has 0 saturated heterocycles. The molecule has 2 aromatic rings. The second kappa shape index (κ2) is 6.55. The van der Waals surface area contributed by atoms with E-state index in [9.17, 15) is 9.59 Å². The molecule has 0 heterocycles. The molecule has 0 bridgehead atoms. The summed E-state index contributed by atoms with van der Waals surface area (Å²) < 4.78 is 5.20. The Labute approximate surface area is 139 Å². The number of rotatable bonds is 5. The number of amides is 1. The second-order valence-corrected chi connectivity index (χ2v) is 5.77. The summed E-state index contributed by atoms with van der Waals surface area (Å²) in [6.45, 7) is -0.343. The number of ether oxygens (including phenoxy) is 1. The lowest BCUT2D eigenvalue weighted by Crippen LogP contribution is -2.28. The molecule has 1 saturated carbocycles. The van der Waals surface area contributed by atoms with E-state index in [1.165, 1.54) is 0 Å². The average molecular weight is 320 g/mol. The number of nitrogens with one attached hydrogen (secondary N) is 1. The molecule has 0 aromatic heterocycles. The zero-order valence-electron chi connectivity index (χ0n) is 13.0. The van der Waals surface area contributed by atoms with E-state index in [0.29, 0.717) is 11.3 Å². The summed E-state index contributed by atoms with van der Waals surface area (Å²) in [5, 5.41) is 11.5. The van der Waals surface area contributed by atoms with Gasteiger partial charge in [-0.15, -0.1) is 0 Å². The first-order chi connectivity index (χ1) is 11.6. The van der Waals surface area contributed by atoms with Crippen LogP contribution in [0.15, 0.2) is 54.6 Å². The van der Waals surface area contributed by atoms with Crippen LogP contribution < -0.4 is 5.32 Å². The van der Waals surface area contributed by atoms with Crippen molar-refractivity contribution in [2.75, 3.05) is 11.9 Å². The smallest absolute Gasteiger partial charge is 0.317 e. The van der Waals surface area contributed by atoms with E-state index in [0.717, 1.165) is 18.4 Å². The molecule has 0 radical (unpaired) electrons. The van der Waals surface area contributed by atoms with Crippen LogP contribution in [0.4, 0.5) is 5.69 Å². The maximum absolute atomic E-state index is 12.3. The van der Waals surface area contributed by atoms with Crippen LogP contribution in [0.25, 0.3) is 0 Å². The highest BCUT2D eigenvalue weighted by Crippen LogP contribution is 2.49. The lowest BCUT2D eigenvalue weighted by atomic mass is 9.96. The Kier molecular flexibility index (Phi) is 4.30. The van der Waals surface area contributed by atoms with Crippen LogP contribution in [0.2, 0.25) is 0 Å². The van der Waals surface area contributed by atoms with Gasteiger partial charge in [-0.3, -0.25) is 9.59 Å². The number of carbonyl (C=O) groups is 2. The Hall–Kier alpha value is -3.13. The molecule has 1 aliphatic rings. The lowest BCUT2D eigenvalue weighted by molar-refractivity contribution is -0.150. The molecule has 2 aromatic carbocycles. The number of carbonyl (C=O) groups excluding carboxylic acids is 2. The fourth-order valence-corrected chi connectivity index (χ4v) is 2.63. The molecule has 0 spiro atoms. The first-order valence-corrected chi connectivity index (χ1v) is 7.67. The molecule has 5 nitrogen and oxygen atoms in total. The number of hydrogen-bond acceptors (Lipinski definition) is 4. The first kappa shape index (κ1) is 15.8. The number of nitriles is 1. The van der Waals surface area contributed by atoms with E-state index in [2.05, 4.69) is 5.32 Å². The topological polar surface area (TPSA) is 79.2 Å². The summed E-state index contributed by atoms with van der Waals surface area (Å²) in [6.07, 6.45) is 1.48. The van der Waals surface area contributed by atoms with Crippen LogP contribution in [-0.2, 0) is 19.7 Å². The monoisotopic (exact) mass is 320 g/mol. The minimum Gasteiger partial charge on any atom is -0.455 e. The number of nitrogens with zero attached hydrogens (tertiary/aromatic N) is 1. The van der Waals surface area contributed by atoms with Crippen LogP contribution in [0.1, 0.15) is 24.0 Å². The van der Waals surface area contributed by atoms with Gasteiger partial charge < -0.3 is 10.1 Å². The predicted molar refractivity (Wildman–Crippen MR) is 88.1 cm³/mol. The van der Waals surface area contributed by atoms with Gasteiger partial charge in [0.15, 0.2) is 6.61 Å². The Morgan fingerprint density at radius 1 is 1.12 bits per heavy atom. The van der Waals surface area contributed by atoms with Crippen molar-refractivity contribution >= 4 is 17.6 Å². The zero-order valence-corrected chi connectivity index (χ0v) is 13.0. The fraction of sp³-hybridized carbons (Fsp3) is 0.211. The minimum atomic E-state index is -0.595. The third-order valence-corrected chi connectivity index (χ3v) is 4.08. The van der Waals surface area contributed by atoms with Gasteiger partial charge in [0.1, 0.15) is 0 Å². The first-order valence-electron chi connectivity index (χ1n) is 7.67. The quantitative estimate of drug-likeness (QED) is 0.859. The molecule has 0 atom stereocenters. The van der Waals surface area contributed by atoms with Crippen molar-refractivity contribution in [1.29, 1.82) is 5.26 Å². The van der Waals surface area contributed by atoms with Gasteiger partial charge in [0.05, 0.1) is 17.0 Å². The van der Waals surface area contributed by atoms with Gasteiger partial charge in [0.25, 0.3) is 5.91 Å². The van der Waals surface area contributed by atoms with Crippen LogP contribution in [0.5, 0.6) is 0 Å². The third-order valence-electron chi connectivity index (χ3n) is 4.08. The van der Waals surface area contributed by atoms with Crippen molar-refractivity contribution in [3.63, 3.8) is 0 Å². The Morgan fingerprint density at radius 3 is 2.54 bits per heavy atom. The summed E-state index contributed by atoms with van der Waals surface area (Å²) >= 11 is 0. The van der Waals surface area contributed by atoms with Crippen molar-refractivity contribution in [2.24, 2.45) is 0 Å². The Morgan fingerprint density at radius 2 is 1.88 bits per heavy atom. The SMILES string of the molecule is N#Cc1cccc(NC(=O)COC(=O)C2(c3ccccc3)CC2)c1. The maximum Gasteiger partial charge on any atom is 0.317 e. The van der Waals surface area contributed by atoms with Crippen molar-refractivity contribution < 1.29 is 14.3 Å². The Balaban J connectivity index is 1.57. The van der Waals surface area contributed by atoms with Crippen molar-refractivity contribution in [3.05, 3.63) is 65.7 Å². The molecular formula is C19H16N2O3. The van der Waals surface area contributed by atoms with Crippen LogP contribution >= 0.6 is 0 Å². The average Bonchev–Trinajstić information content (AvgIpc) is 3.42. The number of benzene rings is 2. The van der Waals surface area contributed by atoms with E-state index in [4.69, 9.17) is 10.00 Å². The molecule has 5 heteroatoms. The highest BCUT2D eigenvalue weighted by molar-refractivity contribution is 5.94.